The number of nitrogens with one attached hydrogen (secondary N) is 1. The lowest BCUT2D eigenvalue weighted by Gasteiger charge is -2.20. The van der Waals surface area contributed by atoms with Crippen LogP contribution in [0.1, 0.15) is 24.0 Å². The molecule has 0 bridgehead atoms. The molecule has 5 nitrogen and oxygen atoms in total. The van der Waals surface area contributed by atoms with Gasteiger partial charge in [0.05, 0.1) is 5.69 Å². The predicted octanol–water partition coefficient (Wildman–Crippen LogP) is 5.39. The van der Waals surface area contributed by atoms with Crippen LogP contribution >= 0.6 is 0 Å². The Morgan fingerprint density at radius 1 is 0.857 bits per heavy atom. The Labute approximate surface area is 207 Å². The number of nitrogens with zero attached hydrogens (tertiary/aromatic N) is 1. The minimum absolute atomic E-state index is 0.00453. The van der Waals surface area contributed by atoms with E-state index in [1.165, 1.54) is 11.1 Å². The van der Waals surface area contributed by atoms with Crippen molar-refractivity contribution in [2.45, 2.75) is 31.8 Å². The van der Waals surface area contributed by atoms with Crippen molar-refractivity contribution in [3.63, 3.8) is 0 Å². The second-order valence-corrected chi connectivity index (χ2v) is 9.86. The zero-order chi connectivity index (χ0) is 24.0. The van der Waals surface area contributed by atoms with Crippen LogP contribution in [0, 0.1) is 11.8 Å². The van der Waals surface area contributed by atoms with E-state index in [-0.39, 0.29) is 18.8 Å². The highest BCUT2D eigenvalue weighted by Gasteiger charge is 2.42. The molecule has 1 saturated carbocycles. The zero-order valence-corrected chi connectivity index (χ0v) is 20.1. The Morgan fingerprint density at radius 3 is 2.17 bits per heavy atom. The summed E-state index contributed by atoms with van der Waals surface area (Å²) in [5, 5.41) is 12.0. The number of fused-ring (bicyclic) bond motifs is 1. The molecule has 35 heavy (non-hydrogen) atoms. The van der Waals surface area contributed by atoms with Crippen LogP contribution in [0.5, 0.6) is 0 Å². The molecule has 182 valence electrons. The number of amides is 1. The minimum atomic E-state index is -0.361. The van der Waals surface area contributed by atoms with Crippen molar-refractivity contribution >= 4 is 11.8 Å². The second-order valence-electron chi connectivity index (χ2n) is 9.86. The van der Waals surface area contributed by atoms with Crippen molar-refractivity contribution in [3.8, 4) is 11.1 Å². The first-order valence-corrected chi connectivity index (χ1v) is 12.7. The molecular weight excluding hydrogens is 436 g/mol. The van der Waals surface area contributed by atoms with Gasteiger partial charge >= 0.3 is 6.09 Å². The number of anilines is 1. The lowest BCUT2D eigenvalue weighted by molar-refractivity contribution is 0.106. The van der Waals surface area contributed by atoms with Crippen molar-refractivity contribution in [2.24, 2.45) is 11.8 Å². The number of carbonyl (C=O) groups excluding carboxylic acids is 1. The Bertz CT molecular complexity index is 1100. The molecule has 1 aliphatic carbocycles. The first-order valence-electron chi connectivity index (χ1n) is 12.7. The van der Waals surface area contributed by atoms with E-state index in [2.05, 4.69) is 34.5 Å². The Hall–Kier alpha value is -3.15. The lowest BCUT2D eigenvalue weighted by Crippen LogP contribution is -2.27. The minimum Gasteiger partial charge on any atom is -0.446 e. The zero-order valence-electron chi connectivity index (χ0n) is 20.1. The summed E-state index contributed by atoms with van der Waals surface area (Å²) in [6, 6.07) is 26.5. The lowest BCUT2D eigenvalue weighted by atomic mass is 10.0. The van der Waals surface area contributed by atoms with E-state index in [1.807, 2.05) is 54.6 Å². The summed E-state index contributed by atoms with van der Waals surface area (Å²) in [4.78, 5) is 15.3. The van der Waals surface area contributed by atoms with E-state index in [4.69, 9.17) is 9.84 Å². The average Bonchev–Trinajstić information content (AvgIpc) is 3.43. The van der Waals surface area contributed by atoms with Gasteiger partial charge in [0.25, 0.3) is 0 Å². The number of carbonyl (C=O) groups is 1. The fourth-order valence-electron chi connectivity index (χ4n) is 5.66. The third-order valence-corrected chi connectivity index (χ3v) is 7.45. The van der Waals surface area contributed by atoms with Gasteiger partial charge in [0.15, 0.2) is 0 Å². The quantitative estimate of drug-likeness (QED) is 0.463. The molecule has 5 heteroatoms. The van der Waals surface area contributed by atoms with Crippen LogP contribution in [-0.4, -0.2) is 48.4 Å². The van der Waals surface area contributed by atoms with Crippen LogP contribution < -0.4 is 5.32 Å². The van der Waals surface area contributed by atoms with E-state index in [0.29, 0.717) is 11.8 Å². The molecule has 0 spiro atoms. The van der Waals surface area contributed by atoms with E-state index in [0.717, 1.165) is 62.1 Å². The fourth-order valence-corrected chi connectivity index (χ4v) is 5.66. The van der Waals surface area contributed by atoms with Gasteiger partial charge in [0.2, 0.25) is 0 Å². The maximum Gasteiger partial charge on any atom is 0.411 e. The van der Waals surface area contributed by atoms with Crippen LogP contribution in [0.4, 0.5) is 10.5 Å². The molecule has 3 aromatic rings. The predicted molar refractivity (Wildman–Crippen MR) is 139 cm³/mol. The molecule has 2 aliphatic rings. The summed E-state index contributed by atoms with van der Waals surface area (Å²) in [7, 11) is 0. The van der Waals surface area contributed by atoms with Crippen molar-refractivity contribution in [2.75, 3.05) is 31.6 Å². The Morgan fingerprint density at radius 2 is 1.49 bits per heavy atom. The SMILES string of the molecule is O=C(Nc1ccccc1-c1ccccc1)OC1C[C@@H]2CN(CCc3ccc(CCO)cc3)C[C@@H]2C1. The molecule has 1 unspecified atom stereocenters. The highest BCUT2D eigenvalue weighted by Crippen LogP contribution is 2.39. The van der Waals surface area contributed by atoms with Crippen molar-refractivity contribution in [1.29, 1.82) is 0 Å². The summed E-state index contributed by atoms with van der Waals surface area (Å²) in [6.45, 7) is 3.44. The molecule has 1 saturated heterocycles. The van der Waals surface area contributed by atoms with Crippen molar-refractivity contribution in [3.05, 3.63) is 90.0 Å². The van der Waals surface area contributed by atoms with Gasteiger partial charge in [-0.05, 0) is 60.3 Å². The first kappa shape index (κ1) is 23.6. The number of aliphatic hydroxyl groups excluding tert-OH is 1. The molecule has 5 rings (SSSR count). The Kier molecular flexibility index (Phi) is 7.45. The normalized spacial score (nSPS) is 21.6. The molecule has 0 radical (unpaired) electrons. The molecule has 1 heterocycles. The summed E-state index contributed by atoms with van der Waals surface area (Å²) in [5.41, 5.74) is 5.37. The van der Waals surface area contributed by atoms with Crippen LogP contribution in [-0.2, 0) is 17.6 Å². The third kappa shape index (κ3) is 5.92. The number of hydrogen-bond acceptors (Lipinski definition) is 4. The molecule has 1 aliphatic heterocycles. The van der Waals surface area contributed by atoms with Gasteiger partial charge in [-0.15, -0.1) is 0 Å². The number of aliphatic hydroxyl groups is 1. The Balaban J connectivity index is 1.08. The van der Waals surface area contributed by atoms with E-state index < -0.39 is 0 Å². The number of likely N-dealkylation sites (tertiary alicyclic amines) is 1. The maximum atomic E-state index is 12.7. The highest BCUT2D eigenvalue weighted by atomic mass is 16.6. The van der Waals surface area contributed by atoms with Crippen LogP contribution in [0.2, 0.25) is 0 Å². The van der Waals surface area contributed by atoms with Gasteiger partial charge in [-0.25, -0.2) is 4.79 Å². The standard InChI is InChI=1S/C30H34N2O3/c33-17-15-23-12-10-22(11-13-23)14-16-32-20-25-18-27(19-26(25)21-32)35-30(34)31-29-9-5-4-8-28(29)24-6-2-1-3-7-24/h1-13,25-27,33H,14-21H2,(H,31,34)/t25-,26+,27?. The van der Waals surface area contributed by atoms with E-state index >= 15 is 0 Å². The highest BCUT2D eigenvalue weighted by molar-refractivity contribution is 5.91. The van der Waals surface area contributed by atoms with Crippen molar-refractivity contribution < 1.29 is 14.6 Å². The van der Waals surface area contributed by atoms with Crippen LogP contribution in [0.15, 0.2) is 78.9 Å². The van der Waals surface area contributed by atoms with Crippen molar-refractivity contribution in [1.82, 2.24) is 4.90 Å². The van der Waals surface area contributed by atoms with Gasteiger partial charge in [0.1, 0.15) is 6.10 Å². The molecule has 1 amide bonds. The number of ether oxygens (including phenoxy) is 1. The van der Waals surface area contributed by atoms with E-state index in [9.17, 15) is 4.79 Å². The number of rotatable bonds is 8. The molecule has 3 atom stereocenters. The van der Waals surface area contributed by atoms with Crippen LogP contribution in [0.3, 0.4) is 0 Å². The molecule has 2 N–H and O–H groups in total. The summed E-state index contributed by atoms with van der Waals surface area (Å²) in [5.74, 6) is 1.22. The monoisotopic (exact) mass is 470 g/mol. The number of benzene rings is 3. The number of para-hydroxylation sites is 1. The van der Waals surface area contributed by atoms with Gasteiger partial charge in [-0.1, -0.05) is 72.8 Å². The second kappa shape index (κ2) is 11.1. The van der Waals surface area contributed by atoms with Gasteiger partial charge in [-0.3, -0.25) is 5.32 Å². The largest absolute Gasteiger partial charge is 0.446 e. The molecule has 0 aromatic heterocycles. The first-order chi connectivity index (χ1) is 17.2. The maximum absolute atomic E-state index is 12.7. The smallest absolute Gasteiger partial charge is 0.411 e. The number of hydrogen-bond donors (Lipinski definition) is 2. The molecule has 2 fully saturated rings. The average molecular weight is 471 g/mol. The van der Waals surface area contributed by atoms with Gasteiger partial charge in [-0.2, -0.15) is 0 Å². The van der Waals surface area contributed by atoms with E-state index in [1.54, 1.807) is 0 Å². The molecule has 3 aromatic carbocycles. The third-order valence-electron chi connectivity index (χ3n) is 7.45. The summed E-state index contributed by atoms with van der Waals surface area (Å²) < 4.78 is 5.85. The topological polar surface area (TPSA) is 61.8 Å². The summed E-state index contributed by atoms with van der Waals surface area (Å²) in [6.07, 6.45) is 3.30. The van der Waals surface area contributed by atoms with Gasteiger partial charge in [0, 0.05) is 31.8 Å². The summed E-state index contributed by atoms with van der Waals surface area (Å²) >= 11 is 0. The fraction of sp³-hybridized carbons (Fsp3) is 0.367. The van der Waals surface area contributed by atoms with Gasteiger partial charge < -0.3 is 14.7 Å². The van der Waals surface area contributed by atoms with Crippen LogP contribution in [0.25, 0.3) is 11.1 Å². The molecular formula is C30H34N2O3.